The standard InChI is InChI=1S/C17H19FN2O3S/c1-12(21)19-15-5-4-6-16(11-15)24(22,23)20-17(2,3)13-7-9-14(18)10-8-13/h4-11,20H,1-3H3,(H,19,21). The van der Waals surface area contributed by atoms with Crippen LogP contribution in [0.2, 0.25) is 0 Å². The number of benzene rings is 2. The molecule has 1 amide bonds. The second-order valence-corrected chi connectivity index (χ2v) is 7.63. The van der Waals surface area contributed by atoms with Gasteiger partial charge in [0, 0.05) is 12.6 Å². The van der Waals surface area contributed by atoms with E-state index in [1.54, 1.807) is 26.0 Å². The lowest BCUT2D eigenvalue weighted by molar-refractivity contribution is -0.114. The van der Waals surface area contributed by atoms with Gasteiger partial charge < -0.3 is 5.32 Å². The fourth-order valence-electron chi connectivity index (χ4n) is 2.26. The second kappa shape index (κ2) is 6.70. The van der Waals surface area contributed by atoms with Crippen LogP contribution >= 0.6 is 0 Å². The van der Waals surface area contributed by atoms with Gasteiger partial charge in [-0.3, -0.25) is 4.79 Å². The van der Waals surface area contributed by atoms with E-state index in [1.165, 1.54) is 43.3 Å². The number of carbonyl (C=O) groups is 1. The molecule has 0 heterocycles. The minimum absolute atomic E-state index is 0.0314. The van der Waals surface area contributed by atoms with Crippen LogP contribution in [0.15, 0.2) is 53.4 Å². The van der Waals surface area contributed by atoms with Crippen molar-refractivity contribution in [3.05, 3.63) is 59.9 Å². The van der Waals surface area contributed by atoms with Gasteiger partial charge in [0.15, 0.2) is 0 Å². The van der Waals surface area contributed by atoms with Crippen LogP contribution in [0.3, 0.4) is 0 Å². The molecule has 2 N–H and O–H groups in total. The Morgan fingerprint density at radius 3 is 2.29 bits per heavy atom. The maximum absolute atomic E-state index is 13.1. The van der Waals surface area contributed by atoms with Crippen LogP contribution in [-0.2, 0) is 20.4 Å². The van der Waals surface area contributed by atoms with E-state index in [1.807, 2.05) is 0 Å². The minimum Gasteiger partial charge on any atom is -0.326 e. The first kappa shape index (κ1) is 18.1. The van der Waals surface area contributed by atoms with Crippen LogP contribution in [0.1, 0.15) is 26.3 Å². The number of nitrogens with one attached hydrogen (secondary N) is 2. The number of carbonyl (C=O) groups excluding carboxylic acids is 1. The molecule has 0 atom stereocenters. The fraction of sp³-hybridized carbons (Fsp3) is 0.235. The smallest absolute Gasteiger partial charge is 0.241 e. The van der Waals surface area contributed by atoms with Gasteiger partial charge in [0.05, 0.1) is 10.4 Å². The van der Waals surface area contributed by atoms with Crippen LogP contribution in [0.4, 0.5) is 10.1 Å². The highest BCUT2D eigenvalue weighted by Crippen LogP contribution is 2.24. The van der Waals surface area contributed by atoms with Crippen molar-refractivity contribution < 1.29 is 17.6 Å². The summed E-state index contributed by atoms with van der Waals surface area (Å²) in [6.45, 7) is 4.72. The highest BCUT2D eigenvalue weighted by atomic mass is 32.2. The van der Waals surface area contributed by atoms with Crippen molar-refractivity contribution in [2.24, 2.45) is 0 Å². The number of hydrogen-bond donors (Lipinski definition) is 2. The van der Waals surface area contributed by atoms with Crippen LogP contribution in [0, 0.1) is 5.82 Å². The highest BCUT2D eigenvalue weighted by Gasteiger charge is 2.28. The summed E-state index contributed by atoms with van der Waals surface area (Å²) >= 11 is 0. The maximum atomic E-state index is 13.1. The van der Waals surface area contributed by atoms with E-state index in [4.69, 9.17) is 0 Å². The molecule has 2 rings (SSSR count). The van der Waals surface area contributed by atoms with Crippen molar-refractivity contribution in [3.8, 4) is 0 Å². The van der Waals surface area contributed by atoms with Gasteiger partial charge in [-0.2, -0.15) is 0 Å². The SMILES string of the molecule is CC(=O)Nc1cccc(S(=O)(=O)NC(C)(C)c2ccc(F)cc2)c1. The monoisotopic (exact) mass is 350 g/mol. The van der Waals surface area contributed by atoms with Gasteiger partial charge in [-0.25, -0.2) is 17.5 Å². The van der Waals surface area contributed by atoms with E-state index in [-0.39, 0.29) is 16.6 Å². The molecule has 2 aromatic rings. The Hall–Kier alpha value is -2.25. The van der Waals surface area contributed by atoms with Gasteiger partial charge in [0.1, 0.15) is 5.82 Å². The largest absolute Gasteiger partial charge is 0.326 e. The first-order chi connectivity index (χ1) is 11.1. The van der Waals surface area contributed by atoms with E-state index in [9.17, 15) is 17.6 Å². The van der Waals surface area contributed by atoms with Crippen LogP contribution in [0.5, 0.6) is 0 Å². The highest BCUT2D eigenvalue weighted by molar-refractivity contribution is 7.89. The third-order valence-corrected chi connectivity index (χ3v) is 5.07. The van der Waals surface area contributed by atoms with Crippen molar-refractivity contribution in [2.45, 2.75) is 31.2 Å². The van der Waals surface area contributed by atoms with Crippen LogP contribution < -0.4 is 10.0 Å². The summed E-state index contributed by atoms with van der Waals surface area (Å²) in [5.41, 5.74) is 0.0896. The lowest BCUT2D eigenvalue weighted by Gasteiger charge is -2.26. The molecule has 0 radical (unpaired) electrons. The van der Waals surface area contributed by atoms with E-state index < -0.39 is 15.6 Å². The average molecular weight is 350 g/mol. The number of sulfonamides is 1. The number of anilines is 1. The fourth-order valence-corrected chi connectivity index (χ4v) is 3.71. The number of amides is 1. The van der Waals surface area contributed by atoms with Crippen molar-refractivity contribution in [1.82, 2.24) is 4.72 Å². The molecule has 0 saturated heterocycles. The van der Waals surface area contributed by atoms with E-state index in [2.05, 4.69) is 10.0 Å². The van der Waals surface area contributed by atoms with Crippen LogP contribution in [-0.4, -0.2) is 14.3 Å². The predicted octanol–water partition coefficient (Wildman–Crippen LogP) is 3.00. The lowest BCUT2D eigenvalue weighted by atomic mass is 9.96. The van der Waals surface area contributed by atoms with Crippen molar-refractivity contribution in [3.63, 3.8) is 0 Å². The Balaban J connectivity index is 2.30. The van der Waals surface area contributed by atoms with Crippen LogP contribution in [0.25, 0.3) is 0 Å². The zero-order chi connectivity index (χ0) is 18.0. The van der Waals surface area contributed by atoms with E-state index in [0.29, 0.717) is 11.3 Å². The van der Waals surface area contributed by atoms with Crippen molar-refractivity contribution >= 4 is 21.6 Å². The molecule has 0 aliphatic rings. The average Bonchev–Trinajstić information content (AvgIpc) is 2.46. The van der Waals surface area contributed by atoms with Gasteiger partial charge >= 0.3 is 0 Å². The Morgan fingerprint density at radius 1 is 1.08 bits per heavy atom. The molecular formula is C17H19FN2O3S. The van der Waals surface area contributed by atoms with Crippen molar-refractivity contribution in [1.29, 1.82) is 0 Å². The Bertz CT molecular complexity index is 846. The summed E-state index contributed by atoms with van der Waals surface area (Å²) in [6.07, 6.45) is 0. The molecule has 0 aliphatic carbocycles. The molecule has 128 valence electrons. The minimum atomic E-state index is -3.83. The zero-order valence-electron chi connectivity index (χ0n) is 13.6. The molecular weight excluding hydrogens is 331 g/mol. The van der Waals surface area contributed by atoms with Gasteiger partial charge in [0.2, 0.25) is 15.9 Å². The molecule has 0 bridgehead atoms. The second-order valence-electron chi connectivity index (χ2n) is 5.95. The first-order valence-electron chi connectivity index (χ1n) is 7.28. The molecule has 7 heteroatoms. The Labute approximate surface area is 141 Å². The molecule has 5 nitrogen and oxygen atoms in total. The zero-order valence-corrected chi connectivity index (χ0v) is 14.4. The molecule has 2 aromatic carbocycles. The van der Waals surface area contributed by atoms with Gasteiger partial charge in [0.25, 0.3) is 0 Å². The molecule has 0 unspecified atom stereocenters. The topological polar surface area (TPSA) is 75.3 Å². The lowest BCUT2D eigenvalue weighted by Crippen LogP contribution is -2.40. The number of hydrogen-bond acceptors (Lipinski definition) is 3. The Kier molecular flexibility index (Phi) is 5.05. The normalized spacial score (nSPS) is 12.0. The molecule has 0 fully saturated rings. The summed E-state index contributed by atoms with van der Waals surface area (Å²) in [5, 5.41) is 2.55. The van der Waals surface area contributed by atoms with Gasteiger partial charge in [-0.05, 0) is 49.7 Å². The summed E-state index contributed by atoms with van der Waals surface area (Å²) in [4.78, 5) is 11.1. The molecule has 24 heavy (non-hydrogen) atoms. The third kappa shape index (κ3) is 4.39. The number of rotatable bonds is 5. The van der Waals surface area contributed by atoms with Gasteiger partial charge in [-0.1, -0.05) is 18.2 Å². The predicted molar refractivity (Wildman–Crippen MR) is 90.5 cm³/mol. The van der Waals surface area contributed by atoms with Crippen molar-refractivity contribution in [2.75, 3.05) is 5.32 Å². The van der Waals surface area contributed by atoms with E-state index in [0.717, 1.165) is 0 Å². The Morgan fingerprint density at radius 2 is 1.71 bits per heavy atom. The number of halogens is 1. The molecule has 0 spiro atoms. The summed E-state index contributed by atoms with van der Waals surface area (Å²) in [7, 11) is -3.83. The summed E-state index contributed by atoms with van der Waals surface area (Å²) < 4.78 is 40.9. The summed E-state index contributed by atoms with van der Waals surface area (Å²) in [6, 6.07) is 11.6. The third-order valence-electron chi connectivity index (χ3n) is 3.42. The van der Waals surface area contributed by atoms with Gasteiger partial charge in [-0.15, -0.1) is 0 Å². The van der Waals surface area contributed by atoms with E-state index >= 15 is 0 Å². The summed E-state index contributed by atoms with van der Waals surface area (Å²) in [5.74, 6) is -0.676. The first-order valence-corrected chi connectivity index (χ1v) is 8.76. The quantitative estimate of drug-likeness (QED) is 0.870. The molecule has 0 aliphatic heterocycles. The molecule has 0 saturated carbocycles. The molecule has 0 aromatic heterocycles. The maximum Gasteiger partial charge on any atom is 0.241 e.